The van der Waals surface area contributed by atoms with Crippen LogP contribution < -0.4 is 10.6 Å². The predicted molar refractivity (Wildman–Crippen MR) is 105 cm³/mol. The average Bonchev–Trinajstić information content (AvgIpc) is 3.06. The molecule has 0 atom stereocenters. The number of hydrogen-bond donors (Lipinski definition) is 2. The van der Waals surface area contributed by atoms with Gasteiger partial charge in [0, 0.05) is 64.3 Å². The molecule has 1 aliphatic carbocycles. The lowest BCUT2D eigenvalue weighted by atomic mass is 9.90. The predicted octanol–water partition coefficient (Wildman–Crippen LogP) is 0.887. The lowest BCUT2D eigenvalue weighted by Gasteiger charge is -2.43. The van der Waals surface area contributed by atoms with E-state index in [0.29, 0.717) is 6.42 Å². The van der Waals surface area contributed by atoms with E-state index < -0.39 is 0 Å². The van der Waals surface area contributed by atoms with E-state index in [-0.39, 0.29) is 36.3 Å². The second-order valence-electron chi connectivity index (χ2n) is 7.15. The van der Waals surface area contributed by atoms with E-state index >= 15 is 0 Å². The number of rotatable bonds is 6. The second kappa shape index (κ2) is 11.6. The summed E-state index contributed by atoms with van der Waals surface area (Å²) < 4.78 is 5.49. The van der Waals surface area contributed by atoms with E-state index in [2.05, 4.69) is 20.4 Å². The maximum absolute atomic E-state index is 12.5. The molecule has 6 nitrogen and oxygen atoms in total. The Labute approximate surface area is 164 Å². The second-order valence-corrected chi connectivity index (χ2v) is 7.15. The Balaban J connectivity index is 0.00000156. The maximum atomic E-state index is 12.5. The Morgan fingerprint density at radius 3 is 2.32 bits per heavy atom. The standard InChI is InChI=1S/C17H32N4O2.2ClH/c22-16(19-7-10-20-8-5-18-6-9-20)15-17(3-1-2-4-17)21-11-13-23-14-12-21;;/h18H,1-15H2,(H,19,22);2*1H. The maximum Gasteiger partial charge on any atom is 0.221 e. The van der Waals surface area contributed by atoms with E-state index in [1.54, 1.807) is 0 Å². The molecule has 0 radical (unpaired) electrons. The summed E-state index contributed by atoms with van der Waals surface area (Å²) in [6.07, 6.45) is 5.50. The first-order valence-corrected chi connectivity index (χ1v) is 9.31. The molecule has 2 heterocycles. The summed E-state index contributed by atoms with van der Waals surface area (Å²) in [6, 6.07) is 0. The van der Waals surface area contributed by atoms with Crippen molar-refractivity contribution in [1.82, 2.24) is 20.4 Å². The zero-order chi connectivity index (χ0) is 16.0. The van der Waals surface area contributed by atoms with Crippen LogP contribution in [0.4, 0.5) is 0 Å². The quantitative estimate of drug-likeness (QED) is 0.697. The van der Waals surface area contributed by atoms with Gasteiger partial charge in [-0.05, 0) is 12.8 Å². The first-order chi connectivity index (χ1) is 11.3. The molecule has 1 saturated carbocycles. The van der Waals surface area contributed by atoms with Crippen molar-refractivity contribution in [3.8, 4) is 0 Å². The summed E-state index contributed by atoms with van der Waals surface area (Å²) in [4.78, 5) is 17.4. The van der Waals surface area contributed by atoms with Gasteiger partial charge in [0.25, 0.3) is 0 Å². The van der Waals surface area contributed by atoms with Crippen LogP contribution in [0, 0.1) is 0 Å². The molecule has 0 aromatic heterocycles. The van der Waals surface area contributed by atoms with Gasteiger partial charge in [0.1, 0.15) is 0 Å². The number of morpholine rings is 1. The number of ether oxygens (including phenoxy) is 1. The molecule has 0 aromatic carbocycles. The normalized spacial score (nSPS) is 24.2. The van der Waals surface area contributed by atoms with E-state index in [0.717, 1.165) is 78.4 Å². The van der Waals surface area contributed by atoms with Crippen LogP contribution in [-0.4, -0.2) is 86.8 Å². The summed E-state index contributed by atoms with van der Waals surface area (Å²) in [5, 5.41) is 6.52. The zero-order valence-corrected chi connectivity index (χ0v) is 16.8. The van der Waals surface area contributed by atoms with Crippen LogP contribution in [0.5, 0.6) is 0 Å². The number of nitrogens with one attached hydrogen (secondary N) is 2. The molecule has 2 N–H and O–H groups in total. The number of carbonyl (C=O) groups excluding carboxylic acids is 1. The lowest BCUT2D eigenvalue weighted by molar-refractivity contribution is -0.125. The van der Waals surface area contributed by atoms with Gasteiger partial charge in [-0.25, -0.2) is 0 Å². The molecule has 2 saturated heterocycles. The Hall–Kier alpha value is -0.110. The minimum Gasteiger partial charge on any atom is -0.379 e. The minimum absolute atomic E-state index is 0. The topological polar surface area (TPSA) is 56.8 Å². The van der Waals surface area contributed by atoms with Crippen molar-refractivity contribution in [3.05, 3.63) is 0 Å². The van der Waals surface area contributed by atoms with E-state index in [9.17, 15) is 4.79 Å². The van der Waals surface area contributed by atoms with Gasteiger partial charge in [-0.1, -0.05) is 12.8 Å². The van der Waals surface area contributed by atoms with Crippen LogP contribution in [0.25, 0.3) is 0 Å². The fourth-order valence-electron chi connectivity index (χ4n) is 4.33. The molecule has 0 unspecified atom stereocenters. The summed E-state index contributed by atoms with van der Waals surface area (Å²) in [6.45, 7) is 9.64. The largest absolute Gasteiger partial charge is 0.379 e. The molecule has 1 amide bonds. The van der Waals surface area contributed by atoms with E-state index in [1.807, 2.05) is 0 Å². The van der Waals surface area contributed by atoms with E-state index in [4.69, 9.17) is 4.74 Å². The molecular weight excluding hydrogens is 363 g/mol. The van der Waals surface area contributed by atoms with Gasteiger partial charge in [-0.3, -0.25) is 14.6 Å². The van der Waals surface area contributed by atoms with Crippen LogP contribution in [0.1, 0.15) is 32.1 Å². The highest BCUT2D eigenvalue weighted by atomic mass is 35.5. The van der Waals surface area contributed by atoms with Crippen LogP contribution in [0.2, 0.25) is 0 Å². The highest BCUT2D eigenvalue weighted by molar-refractivity contribution is 5.85. The van der Waals surface area contributed by atoms with Crippen molar-refractivity contribution >= 4 is 30.7 Å². The molecule has 3 fully saturated rings. The third-order valence-electron chi connectivity index (χ3n) is 5.67. The highest BCUT2D eigenvalue weighted by Gasteiger charge is 2.41. The molecule has 148 valence electrons. The molecule has 3 aliphatic rings. The highest BCUT2D eigenvalue weighted by Crippen LogP contribution is 2.38. The number of carbonyl (C=O) groups is 1. The van der Waals surface area contributed by atoms with Gasteiger partial charge in [0.15, 0.2) is 0 Å². The van der Waals surface area contributed by atoms with Crippen LogP contribution in [-0.2, 0) is 9.53 Å². The van der Waals surface area contributed by atoms with Crippen molar-refractivity contribution in [3.63, 3.8) is 0 Å². The molecule has 25 heavy (non-hydrogen) atoms. The van der Waals surface area contributed by atoms with Crippen molar-refractivity contribution < 1.29 is 9.53 Å². The Kier molecular flexibility index (Phi) is 10.6. The smallest absolute Gasteiger partial charge is 0.221 e. The number of nitrogens with zero attached hydrogens (tertiary/aromatic N) is 2. The Bertz CT molecular complexity index is 383. The lowest BCUT2D eigenvalue weighted by Crippen LogP contribution is -2.54. The number of hydrogen-bond acceptors (Lipinski definition) is 5. The van der Waals surface area contributed by atoms with Crippen molar-refractivity contribution in [2.24, 2.45) is 0 Å². The van der Waals surface area contributed by atoms with Crippen LogP contribution in [0.15, 0.2) is 0 Å². The molecule has 0 bridgehead atoms. The van der Waals surface area contributed by atoms with Gasteiger partial charge in [-0.2, -0.15) is 0 Å². The number of halogens is 2. The molecule has 2 aliphatic heterocycles. The summed E-state index contributed by atoms with van der Waals surface area (Å²) in [7, 11) is 0. The Morgan fingerprint density at radius 2 is 1.68 bits per heavy atom. The molecule has 3 rings (SSSR count). The van der Waals surface area contributed by atoms with Gasteiger partial charge < -0.3 is 15.4 Å². The Morgan fingerprint density at radius 1 is 1.04 bits per heavy atom. The fraction of sp³-hybridized carbons (Fsp3) is 0.941. The van der Waals surface area contributed by atoms with Crippen LogP contribution in [0.3, 0.4) is 0 Å². The first-order valence-electron chi connectivity index (χ1n) is 9.31. The van der Waals surface area contributed by atoms with Gasteiger partial charge >= 0.3 is 0 Å². The monoisotopic (exact) mass is 396 g/mol. The third-order valence-corrected chi connectivity index (χ3v) is 5.67. The molecule has 0 spiro atoms. The minimum atomic E-state index is 0. The fourth-order valence-corrected chi connectivity index (χ4v) is 4.33. The molecular formula is C17H34Cl2N4O2. The first kappa shape index (κ1) is 22.9. The van der Waals surface area contributed by atoms with Gasteiger partial charge in [0.2, 0.25) is 5.91 Å². The summed E-state index contributed by atoms with van der Waals surface area (Å²) in [5.74, 6) is 0.230. The summed E-state index contributed by atoms with van der Waals surface area (Å²) >= 11 is 0. The molecule has 0 aromatic rings. The average molecular weight is 397 g/mol. The SMILES string of the molecule is Cl.Cl.O=C(CC1(N2CCOCC2)CCCC1)NCCN1CCNCC1. The van der Waals surface area contributed by atoms with Crippen LogP contribution >= 0.6 is 24.8 Å². The molecule has 8 heteroatoms. The van der Waals surface area contributed by atoms with Crippen molar-refractivity contribution in [2.45, 2.75) is 37.6 Å². The van der Waals surface area contributed by atoms with Crippen molar-refractivity contribution in [2.75, 3.05) is 65.6 Å². The van der Waals surface area contributed by atoms with Crippen molar-refractivity contribution in [1.29, 1.82) is 0 Å². The van der Waals surface area contributed by atoms with Gasteiger partial charge in [-0.15, -0.1) is 24.8 Å². The third kappa shape index (κ3) is 6.52. The zero-order valence-electron chi connectivity index (χ0n) is 15.1. The van der Waals surface area contributed by atoms with Gasteiger partial charge in [0.05, 0.1) is 13.2 Å². The number of piperazine rings is 1. The summed E-state index contributed by atoms with van der Waals surface area (Å²) in [5.41, 5.74) is 0.100. The number of amides is 1. The van der Waals surface area contributed by atoms with E-state index in [1.165, 1.54) is 12.8 Å².